The van der Waals surface area contributed by atoms with Crippen LogP contribution in [0.2, 0.25) is 0 Å². The van der Waals surface area contributed by atoms with Gasteiger partial charge in [-0.05, 0) is 38.5 Å². The number of benzene rings is 2. The molecule has 0 aliphatic carbocycles. The minimum atomic E-state index is -0.633. The Kier molecular flexibility index (Phi) is 5.64. The summed E-state index contributed by atoms with van der Waals surface area (Å²) < 4.78 is 5.18. The van der Waals surface area contributed by atoms with Crippen molar-refractivity contribution in [3.63, 3.8) is 0 Å². The average molecular weight is 377 g/mol. The van der Waals surface area contributed by atoms with Crippen LogP contribution in [0.3, 0.4) is 0 Å². The summed E-state index contributed by atoms with van der Waals surface area (Å²) in [5, 5.41) is 13.2. The van der Waals surface area contributed by atoms with Crippen molar-refractivity contribution < 1.29 is 14.3 Å². The summed E-state index contributed by atoms with van der Waals surface area (Å²) in [7, 11) is 0. The Hall–Kier alpha value is -3.34. The van der Waals surface area contributed by atoms with E-state index in [4.69, 9.17) is 4.42 Å². The van der Waals surface area contributed by atoms with Gasteiger partial charge in [-0.1, -0.05) is 47.5 Å². The van der Waals surface area contributed by atoms with Gasteiger partial charge in [0, 0.05) is 24.1 Å². The van der Waals surface area contributed by atoms with E-state index in [0.29, 0.717) is 11.4 Å². The van der Waals surface area contributed by atoms with Crippen molar-refractivity contribution in [2.75, 3.05) is 5.32 Å². The molecule has 0 aliphatic heterocycles. The van der Waals surface area contributed by atoms with Crippen LogP contribution in [0.15, 0.2) is 63.8 Å². The van der Waals surface area contributed by atoms with Gasteiger partial charge in [-0.25, -0.2) is 4.79 Å². The highest BCUT2D eigenvalue weighted by Crippen LogP contribution is 2.32. The van der Waals surface area contributed by atoms with Crippen LogP contribution in [0.4, 0.5) is 5.69 Å². The predicted molar refractivity (Wildman–Crippen MR) is 109 cm³/mol. The molecule has 0 saturated carbocycles. The molecule has 2 N–H and O–H groups in total. The first-order valence-electron chi connectivity index (χ1n) is 9.10. The first-order valence-corrected chi connectivity index (χ1v) is 9.10. The fourth-order valence-electron chi connectivity index (χ4n) is 3.15. The largest absolute Gasteiger partial charge is 0.507 e. The second-order valence-electron chi connectivity index (χ2n) is 7.03. The molecule has 144 valence electrons. The zero-order valence-corrected chi connectivity index (χ0v) is 16.2. The van der Waals surface area contributed by atoms with Crippen LogP contribution in [0.1, 0.15) is 40.4 Å². The number of aromatic hydroxyl groups is 1. The number of rotatable bonds is 5. The molecular weight excluding hydrogens is 354 g/mol. The second-order valence-corrected chi connectivity index (χ2v) is 7.03. The van der Waals surface area contributed by atoms with E-state index in [2.05, 4.69) is 5.32 Å². The van der Waals surface area contributed by atoms with E-state index >= 15 is 0 Å². The van der Waals surface area contributed by atoms with Gasteiger partial charge in [-0.2, -0.15) is 0 Å². The highest BCUT2D eigenvalue weighted by molar-refractivity contribution is 5.91. The highest BCUT2D eigenvalue weighted by atomic mass is 16.4. The number of hydrogen-bond donors (Lipinski definition) is 2. The number of amides is 1. The van der Waals surface area contributed by atoms with E-state index in [1.807, 2.05) is 62.4 Å². The van der Waals surface area contributed by atoms with Crippen LogP contribution >= 0.6 is 0 Å². The molecule has 1 unspecified atom stereocenters. The van der Waals surface area contributed by atoms with Gasteiger partial charge in [0.05, 0.1) is 5.56 Å². The molecule has 2 aromatic carbocycles. The molecule has 0 saturated heterocycles. The van der Waals surface area contributed by atoms with Gasteiger partial charge in [0.1, 0.15) is 11.5 Å². The average Bonchev–Trinajstić information content (AvgIpc) is 2.63. The summed E-state index contributed by atoms with van der Waals surface area (Å²) in [6, 6.07) is 16.4. The van der Waals surface area contributed by atoms with Gasteiger partial charge in [0.2, 0.25) is 5.91 Å². The number of carbonyl (C=O) groups excluding carboxylic acids is 1. The molecule has 0 radical (unpaired) electrons. The van der Waals surface area contributed by atoms with Gasteiger partial charge in [-0.15, -0.1) is 0 Å². The third-order valence-corrected chi connectivity index (χ3v) is 4.64. The fraction of sp³-hybridized carbons (Fsp3) is 0.217. The van der Waals surface area contributed by atoms with Crippen molar-refractivity contribution in [3.05, 3.63) is 93.0 Å². The van der Waals surface area contributed by atoms with Crippen LogP contribution in [-0.4, -0.2) is 11.0 Å². The van der Waals surface area contributed by atoms with Crippen molar-refractivity contribution in [2.24, 2.45) is 0 Å². The van der Waals surface area contributed by atoms with E-state index in [-0.39, 0.29) is 23.6 Å². The monoisotopic (exact) mass is 377 g/mol. The number of nitrogens with one attached hydrogen (secondary N) is 1. The zero-order valence-electron chi connectivity index (χ0n) is 16.2. The minimum absolute atomic E-state index is 0.00167. The third kappa shape index (κ3) is 4.49. The molecule has 1 amide bonds. The van der Waals surface area contributed by atoms with Gasteiger partial charge in [0.15, 0.2) is 0 Å². The van der Waals surface area contributed by atoms with Crippen molar-refractivity contribution in [1.82, 2.24) is 0 Å². The molecule has 1 heterocycles. The normalized spacial score (nSPS) is 11.8. The summed E-state index contributed by atoms with van der Waals surface area (Å²) in [6.45, 7) is 5.52. The van der Waals surface area contributed by atoms with Crippen molar-refractivity contribution >= 4 is 11.6 Å². The topological polar surface area (TPSA) is 79.5 Å². The molecule has 0 aliphatic rings. The predicted octanol–water partition coefficient (Wildman–Crippen LogP) is 4.43. The lowest BCUT2D eigenvalue weighted by atomic mass is 9.88. The van der Waals surface area contributed by atoms with Gasteiger partial charge in [-0.3, -0.25) is 4.79 Å². The smallest absolute Gasteiger partial charge is 0.343 e. The Morgan fingerprint density at radius 3 is 2.14 bits per heavy atom. The van der Waals surface area contributed by atoms with Crippen LogP contribution in [0, 0.1) is 20.8 Å². The quantitative estimate of drug-likeness (QED) is 0.689. The third-order valence-electron chi connectivity index (χ3n) is 4.64. The maximum absolute atomic E-state index is 12.7. The van der Waals surface area contributed by atoms with Crippen molar-refractivity contribution in [2.45, 2.75) is 33.1 Å². The van der Waals surface area contributed by atoms with E-state index in [1.54, 1.807) is 6.92 Å². The van der Waals surface area contributed by atoms with Gasteiger partial charge >= 0.3 is 5.63 Å². The molecule has 0 bridgehead atoms. The standard InChI is InChI=1S/C23H23NO4/c1-14-4-8-17(9-5-14)19(22-20(25)12-16(3)28-23(22)27)13-21(26)24-18-10-6-15(2)7-11-18/h4-12,19,25H,13H2,1-3H3,(H,24,26). The highest BCUT2D eigenvalue weighted by Gasteiger charge is 2.25. The Morgan fingerprint density at radius 1 is 1.00 bits per heavy atom. The van der Waals surface area contributed by atoms with Gasteiger partial charge in [0.25, 0.3) is 0 Å². The van der Waals surface area contributed by atoms with Crippen LogP contribution in [0.25, 0.3) is 0 Å². The Bertz CT molecular complexity index is 1030. The first-order chi connectivity index (χ1) is 13.3. The Labute approximate surface area is 163 Å². The van der Waals surface area contributed by atoms with E-state index in [1.165, 1.54) is 6.07 Å². The molecule has 0 fully saturated rings. The van der Waals surface area contributed by atoms with Gasteiger partial charge < -0.3 is 14.8 Å². The van der Waals surface area contributed by atoms with Crippen LogP contribution in [0.5, 0.6) is 5.75 Å². The molecule has 0 spiro atoms. The number of hydrogen-bond acceptors (Lipinski definition) is 4. The number of carbonyl (C=O) groups is 1. The SMILES string of the molecule is Cc1ccc(NC(=O)CC(c2ccc(C)cc2)c2c(O)cc(C)oc2=O)cc1. The molecule has 3 rings (SSSR count). The summed E-state index contributed by atoms with van der Waals surface area (Å²) in [5.74, 6) is -0.725. The van der Waals surface area contributed by atoms with Crippen molar-refractivity contribution in [1.29, 1.82) is 0 Å². The maximum Gasteiger partial charge on any atom is 0.343 e. The molecular formula is C23H23NO4. The number of aryl methyl sites for hydroxylation is 3. The lowest BCUT2D eigenvalue weighted by molar-refractivity contribution is -0.116. The molecule has 5 nitrogen and oxygen atoms in total. The molecule has 1 aromatic heterocycles. The van der Waals surface area contributed by atoms with E-state index < -0.39 is 11.5 Å². The minimum Gasteiger partial charge on any atom is -0.507 e. The fourth-order valence-corrected chi connectivity index (χ4v) is 3.15. The zero-order chi connectivity index (χ0) is 20.3. The summed E-state index contributed by atoms with van der Waals surface area (Å²) in [5.41, 5.74) is 3.05. The molecule has 3 aromatic rings. The maximum atomic E-state index is 12.7. The molecule has 5 heteroatoms. The Morgan fingerprint density at radius 2 is 1.57 bits per heavy atom. The summed E-state index contributed by atoms with van der Waals surface area (Å²) >= 11 is 0. The first kappa shape index (κ1) is 19.4. The molecule has 28 heavy (non-hydrogen) atoms. The van der Waals surface area contributed by atoms with Crippen LogP contribution < -0.4 is 10.9 Å². The lowest BCUT2D eigenvalue weighted by Gasteiger charge is -2.18. The number of anilines is 1. The lowest BCUT2D eigenvalue weighted by Crippen LogP contribution is -2.21. The molecule has 1 atom stereocenters. The Balaban J connectivity index is 1.95. The van der Waals surface area contributed by atoms with Crippen molar-refractivity contribution in [3.8, 4) is 5.75 Å². The van der Waals surface area contributed by atoms with Crippen LogP contribution in [-0.2, 0) is 4.79 Å². The second kappa shape index (κ2) is 8.13. The van der Waals surface area contributed by atoms with E-state index in [0.717, 1.165) is 16.7 Å². The summed E-state index contributed by atoms with van der Waals surface area (Å²) in [4.78, 5) is 25.1. The van der Waals surface area contributed by atoms with E-state index in [9.17, 15) is 14.7 Å². The summed E-state index contributed by atoms with van der Waals surface area (Å²) in [6.07, 6.45) is -0.00167.